The van der Waals surface area contributed by atoms with Crippen LogP contribution in [0.25, 0.3) is 33.4 Å². The minimum absolute atomic E-state index is 0.0780. The lowest BCUT2D eigenvalue weighted by Crippen LogP contribution is -2.25. The van der Waals surface area contributed by atoms with E-state index in [0.29, 0.717) is 34.4 Å². The van der Waals surface area contributed by atoms with Gasteiger partial charge in [-0.05, 0) is 94.2 Å². The van der Waals surface area contributed by atoms with Gasteiger partial charge in [0.2, 0.25) is 0 Å². The standard InChI is InChI=1S/C42H52N6O3/c1-39(2,3)25-41(7,8)27-21-33(47-43-29-17-13-14-18-30(29)44-47)37(49-11)35(23-27)51-36-24-28(42(9,10)26-40(4,5)6)22-34(38(36)50-12)48-45-31-19-15-16-20-32(31)46-48/h13-24H,25-26H2,1-12H3. The molecule has 0 N–H and O–H groups in total. The number of hydrogen-bond acceptors (Lipinski definition) is 7. The highest BCUT2D eigenvalue weighted by molar-refractivity contribution is 5.75. The van der Waals surface area contributed by atoms with Gasteiger partial charge in [-0.25, -0.2) is 0 Å². The topological polar surface area (TPSA) is 89.1 Å². The van der Waals surface area contributed by atoms with Crippen molar-refractivity contribution in [3.05, 3.63) is 83.9 Å². The van der Waals surface area contributed by atoms with E-state index in [-0.39, 0.29) is 21.7 Å². The van der Waals surface area contributed by atoms with Crippen LogP contribution in [0.1, 0.15) is 93.2 Å². The van der Waals surface area contributed by atoms with Crippen LogP contribution in [0, 0.1) is 10.8 Å². The summed E-state index contributed by atoms with van der Waals surface area (Å²) >= 11 is 0. The lowest BCUT2D eigenvalue weighted by atomic mass is 9.72. The maximum absolute atomic E-state index is 7.04. The van der Waals surface area contributed by atoms with Crippen molar-refractivity contribution in [3.8, 4) is 34.4 Å². The van der Waals surface area contributed by atoms with Gasteiger partial charge in [-0.3, -0.25) is 0 Å². The van der Waals surface area contributed by atoms with Crippen LogP contribution in [0.15, 0.2) is 72.8 Å². The Morgan fingerprint density at radius 2 is 0.804 bits per heavy atom. The van der Waals surface area contributed by atoms with Crippen LogP contribution in [0.2, 0.25) is 0 Å². The summed E-state index contributed by atoms with van der Waals surface area (Å²) in [6, 6.07) is 24.1. The Morgan fingerprint density at radius 3 is 1.08 bits per heavy atom. The van der Waals surface area contributed by atoms with E-state index in [9.17, 15) is 0 Å². The largest absolute Gasteiger partial charge is 0.491 e. The summed E-state index contributed by atoms with van der Waals surface area (Å²) in [6.07, 6.45) is 1.87. The smallest absolute Gasteiger partial charge is 0.189 e. The second-order valence-electron chi connectivity index (χ2n) is 17.4. The highest BCUT2D eigenvalue weighted by atomic mass is 16.5. The number of nitrogens with zero attached hydrogens (tertiary/aromatic N) is 6. The lowest BCUT2D eigenvalue weighted by molar-refractivity contribution is 0.282. The maximum Gasteiger partial charge on any atom is 0.189 e. The van der Waals surface area contributed by atoms with Gasteiger partial charge in [0.1, 0.15) is 33.4 Å². The fourth-order valence-electron chi connectivity index (χ4n) is 7.72. The molecule has 0 saturated heterocycles. The van der Waals surface area contributed by atoms with Gasteiger partial charge in [-0.15, -0.1) is 30.0 Å². The van der Waals surface area contributed by atoms with E-state index < -0.39 is 0 Å². The predicted molar refractivity (Wildman–Crippen MR) is 205 cm³/mol. The quantitative estimate of drug-likeness (QED) is 0.141. The number of methoxy groups -OCH3 is 2. The van der Waals surface area contributed by atoms with Gasteiger partial charge in [0.15, 0.2) is 23.0 Å². The summed E-state index contributed by atoms with van der Waals surface area (Å²) in [5.41, 5.74) is 6.40. The molecule has 268 valence electrons. The number of hydrogen-bond donors (Lipinski definition) is 0. The molecule has 0 saturated carbocycles. The highest BCUT2D eigenvalue weighted by Gasteiger charge is 2.33. The van der Waals surface area contributed by atoms with Crippen LogP contribution >= 0.6 is 0 Å². The maximum atomic E-state index is 7.04. The van der Waals surface area contributed by atoms with Crippen molar-refractivity contribution in [2.75, 3.05) is 14.2 Å². The summed E-state index contributed by atoms with van der Waals surface area (Å²) in [6.45, 7) is 22.7. The van der Waals surface area contributed by atoms with Gasteiger partial charge in [-0.1, -0.05) is 93.5 Å². The van der Waals surface area contributed by atoms with Gasteiger partial charge in [0.05, 0.1) is 14.2 Å². The van der Waals surface area contributed by atoms with Crippen LogP contribution in [-0.4, -0.2) is 44.2 Å². The molecule has 0 aliphatic carbocycles. The van der Waals surface area contributed by atoms with Crippen molar-refractivity contribution in [1.29, 1.82) is 0 Å². The Bertz CT molecular complexity index is 1980. The van der Waals surface area contributed by atoms with Gasteiger partial charge in [0, 0.05) is 0 Å². The normalized spacial score (nSPS) is 12.9. The van der Waals surface area contributed by atoms with E-state index in [1.165, 1.54) is 0 Å². The summed E-state index contributed by atoms with van der Waals surface area (Å²) in [4.78, 5) is 3.30. The zero-order valence-corrected chi connectivity index (χ0v) is 32.3. The summed E-state index contributed by atoms with van der Waals surface area (Å²) < 4.78 is 19.4. The number of rotatable bonds is 10. The van der Waals surface area contributed by atoms with E-state index in [1.54, 1.807) is 23.8 Å². The van der Waals surface area contributed by atoms with Crippen molar-refractivity contribution in [3.63, 3.8) is 0 Å². The summed E-state index contributed by atoms with van der Waals surface area (Å²) in [7, 11) is 3.30. The molecule has 0 aliphatic rings. The third-order valence-electron chi connectivity index (χ3n) is 9.21. The molecular formula is C42H52N6O3. The molecule has 0 spiro atoms. The molecule has 0 amide bonds. The average Bonchev–Trinajstić information content (AvgIpc) is 3.66. The van der Waals surface area contributed by atoms with Crippen molar-refractivity contribution in [2.45, 2.75) is 92.9 Å². The molecule has 4 aromatic carbocycles. The second kappa shape index (κ2) is 13.0. The van der Waals surface area contributed by atoms with Crippen LogP contribution in [0.3, 0.4) is 0 Å². The van der Waals surface area contributed by atoms with Gasteiger partial charge < -0.3 is 14.2 Å². The van der Waals surface area contributed by atoms with E-state index >= 15 is 0 Å². The van der Waals surface area contributed by atoms with Gasteiger partial charge in [0.25, 0.3) is 0 Å². The molecule has 6 rings (SSSR count). The van der Waals surface area contributed by atoms with E-state index in [0.717, 1.165) is 46.0 Å². The first kappa shape index (κ1) is 35.9. The zero-order valence-electron chi connectivity index (χ0n) is 32.3. The third kappa shape index (κ3) is 7.58. The first-order chi connectivity index (χ1) is 23.9. The minimum atomic E-state index is -0.227. The first-order valence-electron chi connectivity index (χ1n) is 17.7. The highest BCUT2D eigenvalue weighted by Crippen LogP contribution is 2.48. The summed E-state index contributed by atoms with van der Waals surface area (Å²) in [5.74, 6) is 2.08. The molecule has 0 fully saturated rings. The summed E-state index contributed by atoms with van der Waals surface area (Å²) in [5, 5.41) is 19.4. The molecular weight excluding hydrogens is 637 g/mol. The molecule has 2 aromatic heterocycles. The molecule has 0 aliphatic heterocycles. The Balaban J connectivity index is 1.60. The van der Waals surface area contributed by atoms with Crippen molar-refractivity contribution < 1.29 is 14.2 Å². The van der Waals surface area contributed by atoms with Crippen LogP contribution in [0.4, 0.5) is 0 Å². The molecule has 51 heavy (non-hydrogen) atoms. The average molecular weight is 689 g/mol. The molecule has 0 atom stereocenters. The first-order valence-corrected chi connectivity index (χ1v) is 17.7. The van der Waals surface area contributed by atoms with Crippen LogP contribution in [-0.2, 0) is 10.8 Å². The van der Waals surface area contributed by atoms with E-state index in [1.807, 2.05) is 48.5 Å². The second-order valence-corrected chi connectivity index (χ2v) is 17.4. The molecule has 0 unspecified atom stereocenters. The zero-order chi connectivity index (χ0) is 36.9. The fraction of sp³-hybridized carbons (Fsp3) is 0.429. The van der Waals surface area contributed by atoms with Crippen LogP contribution < -0.4 is 14.2 Å². The predicted octanol–water partition coefficient (Wildman–Crippen LogP) is 10.4. The molecule has 9 heteroatoms. The molecule has 2 heterocycles. The Morgan fingerprint density at radius 1 is 0.490 bits per heavy atom. The van der Waals surface area contributed by atoms with Crippen molar-refractivity contribution in [1.82, 2.24) is 30.0 Å². The van der Waals surface area contributed by atoms with Gasteiger partial charge >= 0.3 is 0 Å². The lowest BCUT2D eigenvalue weighted by Gasteiger charge is -2.34. The molecule has 6 aromatic rings. The number of benzene rings is 4. The number of ether oxygens (including phenoxy) is 3. The molecule has 9 nitrogen and oxygen atoms in total. The minimum Gasteiger partial charge on any atom is -0.491 e. The third-order valence-corrected chi connectivity index (χ3v) is 9.21. The van der Waals surface area contributed by atoms with E-state index in [2.05, 4.69) is 93.5 Å². The fourth-order valence-corrected chi connectivity index (χ4v) is 7.72. The SMILES string of the molecule is COc1c(Oc2cc(C(C)(C)CC(C)(C)C)cc(-n3nc4ccccc4n3)c2OC)cc(C(C)(C)CC(C)(C)C)cc1-n1nc2ccccc2n1. The van der Waals surface area contributed by atoms with Crippen molar-refractivity contribution >= 4 is 22.1 Å². The van der Waals surface area contributed by atoms with Gasteiger partial charge in [-0.2, -0.15) is 0 Å². The van der Waals surface area contributed by atoms with Crippen molar-refractivity contribution in [2.24, 2.45) is 10.8 Å². The Labute approximate surface area is 301 Å². The Hall–Kier alpha value is -4.92. The Kier molecular flexibility index (Phi) is 9.15. The monoisotopic (exact) mass is 688 g/mol. The molecule has 0 radical (unpaired) electrons. The number of aromatic nitrogens is 6. The number of fused-ring (bicyclic) bond motifs is 2. The van der Waals surface area contributed by atoms with Crippen LogP contribution in [0.5, 0.6) is 23.0 Å². The molecule has 0 bridgehead atoms. The van der Waals surface area contributed by atoms with E-state index in [4.69, 9.17) is 34.6 Å².